The van der Waals surface area contributed by atoms with Crippen molar-refractivity contribution in [3.05, 3.63) is 71.5 Å². The average molecular weight is 462 g/mol. The molecule has 6 nitrogen and oxygen atoms in total. The van der Waals surface area contributed by atoms with Crippen LogP contribution in [0.4, 0.5) is 5.69 Å². The van der Waals surface area contributed by atoms with Crippen molar-refractivity contribution < 1.29 is 75.6 Å². The second kappa shape index (κ2) is 13.8. The van der Waals surface area contributed by atoms with Gasteiger partial charge in [0.25, 0.3) is 0 Å². The molecule has 0 radical (unpaired) electrons. The Morgan fingerprint density at radius 3 is 2.38 bits per heavy atom. The maximum absolute atomic E-state index is 12.1. The van der Waals surface area contributed by atoms with E-state index in [0.29, 0.717) is 11.1 Å². The van der Waals surface area contributed by atoms with Crippen LogP contribution >= 0.6 is 0 Å². The molecular weight excluding hydrogens is 433 g/mol. The molecule has 0 bridgehead atoms. The molecule has 3 rings (SSSR count). The van der Waals surface area contributed by atoms with Gasteiger partial charge in [-0.1, -0.05) is 25.8 Å². The molecule has 1 amide bonds. The Bertz CT molecular complexity index is 952. The number of methoxy groups -OCH3 is 1. The molecule has 32 heavy (non-hydrogen) atoms. The van der Waals surface area contributed by atoms with Crippen molar-refractivity contribution in [2.45, 2.75) is 39.5 Å². The average Bonchev–Trinajstić information content (AvgIpc) is 2.77. The number of carboxylic acid groups (broad SMARTS) is 1. The molecule has 1 saturated carbocycles. The zero-order chi connectivity index (χ0) is 23.0. The molecule has 0 aromatic heterocycles. The van der Waals surface area contributed by atoms with Crippen molar-refractivity contribution in [2.24, 2.45) is 5.92 Å². The zero-order valence-electron chi connectivity index (χ0n) is 19.2. The predicted molar refractivity (Wildman–Crippen MR) is 120 cm³/mol. The smallest absolute Gasteiger partial charge is 0.496 e. The molecule has 2 aromatic rings. The van der Waals surface area contributed by atoms with Gasteiger partial charge in [0.15, 0.2) is 0 Å². The van der Waals surface area contributed by atoms with Gasteiger partial charge in [0, 0.05) is 17.7 Å². The van der Waals surface area contributed by atoms with Gasteiger partial charge in [0.2, 0.25) is 5.91 Å². The topological polar surface area (TPSA) is 92.7 Å². The molecular formula is C25H28KNO5-2. The molecule has 2 aromatic carbocycles. The molecule has 0 atom stereocenters. The second-order valence-electron chi connectivity index (χ2n) is 7.54. The van der Waals surface area contributed by atoms with Crippen molar-refractivity contribution in [1.29, 1.82) is 0 Å². The quantitative estimate of drug-likeness (QED) is 0.522. The van der Waals surface area contributed by atoms with Gasteiger partial charge in [0.1, 0.15) is 5.75 Å². The van der Waals surface area contributed by atoms with Gasteiger partial charge in [-0.05, 0) is 30.4 Å². The number of ether oxygens (including phenoxy) is 1. The van der Waals surface area contributed by atoms with Crippen LogP contribution in [0.15, 0.2) is 30.3 Å². The number of rotatable bonds is 5. The van der Waals surface area contributed by atoms with Crippen LogP contribution in [-0.4, -0.2) is 30.4 Å². The largest absolute Gasteiger partial charge is 1.00 e. The number of amides is 1. The number of hydrogen-bond acceptors (Lipinski definition) is 4. The number of carbonyl (C=O) groups excluding carboxylic acids is 2. The summed E-state index contributed by atoms with van der Waals surface area (Å²) in [6.45, 7) is 7.33. The Balaban J connectivity index is 0.000000327. The van der Waals surface area contributed by atoms with E-state index >= 15 is 0 Å². The number of carbonyl (C=O) groups is 2. The number of carboxylic acids is 1. The molecule has 0 spiro atoms. The molecule has 7 heteroatoms. The van der Waals surface area contributed by atoms with E-state index in [1.54, 1.807) is 20.3 Å². The maximum Gasteiger partial charge on any atom is 1.00 e. The van der Waals surface area contributed by atoms with Gasteiger partial charge in [-0.15, -0.1) is 6.07 Å². The first-order chi connectivity index (χ1) is 14.8. The Labute approximate surface area is 232 Å². The van der Waals surface area contributed by atoms with E-state index in [2.05, 4.69) is 18.7 Å². The molecule has 0 unspecified atom stereocenters. The van der Waals surface area contributed by atoms with E-state index in [0.717, 1.165) is 42.7 Å². The molecule has 1 aliphatic rings. The zero-order valence-corrected chi connectivity index (χ0v) is 22.3. The van der Waals surface area contributed by atoms with E-state index < -0.39 is 5.97 Å². The van der Waals surface area contributed by atoms with Gasteiger partial charge < -0.3 is 26.4 Å². The van der Waals surface area contributed by atoms with Gasteiger partial charge in [-0.25, -0.2) is 16.4 Å². The van der Waals surface area contributed by atoms with Crippen molar-refractivity contribution in [1.82, 2.24) is 0 Å². The first-order valence-electron chi connectivity index (χ1n) is 10.1. The fourth-order valence-electron chi connectivity index (χ4n) is 3.36. The van der Waals surface area contributed by atoms with Crippen LogP contribution in [0.25, 0.3) is 0 Å². The van der Waals surface area contributed by atoms with Gasteiger partial charge in [0.05, 0.1) is 7.11 Å². The van der Waals surface area contributed by atoms with E-state index in [4.69, 9.17) is 9.84 Å². The Morgan fingerprint density at radius 1 is 1.16 bits per heavy atom. The molecule has 1 fully saturated rings. The number of benzene rings is 2. The van der Waals surface area contributed by atoms with Crippen molar-refractivity contribution in [3.63, 3.8) is 0 Å². The molecule has 0 aliphatic heterocycles. The number of aromatic carboxylic acids is 1. The van der Waals surface area contributed by atoms with Crippen LogP contribution in [-0.2, 0) is 9.59 Å². The first kappa shape index (κ1) is 28.4. The number of aryl methyl sites for hydroxylation is 2. The van der Waals surface area contributed by atoms with Crippen LogP contribution in [0.3, 0.4) is 0 Å². The standard InChI is InChI=1S/C15H20NO2.C10H8O3.K/c1-11-8-9-13(10-14(11)18-2)16-15(17)12-6-4-3-5-7-12;1-6-3-8(10(12)13)4-9(5-11)7(6)2;/h3,8-10,12H,4-7H2,1-2H3,(H,16,17);3-4H,2H2,1H3,(H,12,13);/q-1;-2;+1. The summed E-state index contributed by atoms with van der Waals surface area (Å²) in [7, 11) is 1.64. The maximum atomic E-state index is 12.1. The number of nitrogens with one attached hydrogen (secondary N) is 1. The minimum Gasteiger partial charge on any atom is -0.496 e. The molecule has 0 heterocycles. The van der Waals surface area contributed by atoms with Crippen LogP contribution < -0.4 is 61.4 Å². The fraction of sp³-hybridized carbons (Fsp3) is 0.320. The molecule has 1 aliphatic carbocycles. The third-order valence-electron chi connectivity index (χ3n) is 5.31. The predicted octanol–water partition coefficient (Wildman–Crippen LogP) is 1.67. The van der Waals surface area contributed by atoms with Crippen LogP contribution in [0.2, 0.25) is 0 Å². The normalized spacial score (nSPS) is 13.1. The third kappa shape index (κ3) is 8.05. The minimum absolute atomic E-state index is 0. The minimum atomic E-state index is -1.06. The summed E-state index contributed by atoms with van der Waals surface area (Å²) < 4.78 is 5.26. The Morgan fingerprint density at radius 2 is 1.81 bits per heavy atom. The van der Waals surface area contributed by atoms with Gasteiger partial charge >= 0.3 is 57.4 Å². The SMILES string of the molecule is COc1cc(NC(=O)C2CC[CH-]CC2)ccc1C.[CH2-]c1c(C)cc(C(=O)O)cc1[C-]=O.[K+]. The number of anilines is 1. The molecule has 0 saturated heterocycles. The van der Waals surface area contributed by atoms with Crippen molar-refractivity contribution in [2.75, 3.05) is 12.4 Å². The summed E-state index contributed by atoms with van der Waals surface area (Å²) in [6.07, 6.45) is 7.95. The summed E-state index contributed by atoms with van der Waals surface area (Å²) >= 11 is 0. The molecule has 2 N–H and O–H groups in total. The summed E-state index contributed by atoms with van der Waals surface area (Å²) in [5.41, 5.74) is 3.39. The summed E-state index contributed by atoms with van der Waals surface area (Å²) in [5, 5.41) is 11.7. The van der Waals surface area contributed by atoms with E-state index in [1.807, 2.05) is 25.1 Å². The molecule has 166 valence electrons. The second-order valence-corrected chi connectivity index (χ2v) is 7.54. The Hall–Kier alpha value is -1.64. The van der Waals surface area contributed by atoms with Crippen LogP contribution in [0, 0.1) is 33.1 Å². The number of hydrogen-bond donors (Lipinski definition) is 2. The van der Waals surface area contributed by atoms with Gasteiger partial charge in [-0.2, -0.15) is 12.8 Å². The van der Waals surface area contributed by atoms with E-state index in [1.165, 1.54) is 12.1 Å². The monoisotopic (exact) mass is 461 g/mol. The summed E-state index contributed by atoms with van der Waals surface area (Å²) in [4.78, 5) is 33.1. The summed E-state index contributed by atoms with van der Waals surface area (Å²) in [6, 6.07) is 8.51. The summed E-state index contributed by atoms with van der Waals surface area (Å²) in [5.74, 6) is 0.0423. The third-order valence-corrected chi connectivity index (χ3v) is 5.31. The van der Waals surface area contributed by atoms with Crippen LogP contribution in [0.1, 0.15) is 58.3 Å². The van der Waals surface area contributed by atoms with Crippen LogP contribution in [0.5, 0.6) is 5.75 Å². The van der Waals surface area contributed by atoms with E-state index in [9.17, 15) is 14.4 Å². The van der Waals surface area contributed by atoms with Crippen molar-refractivity contribution in [3.8, 4) is 5.75 Å². The Kier molecular flexibility index (Phi) is 12.2. The van der Waals surface area contributed by atoms with E-state index in [-0.39, 0.29) is 74.3 Å². The fourth-order valence-corrected chi connectivity index (χ4v) is 3.36. The van der Waals surface area contributed by atoms with Gasteiger partial charge in [-0.3, -0.25) is 22.8 Å². The first-order valence-corrected chi connectivity index (χ1v) is 10.1. The van der Waals surface area contributed by atoms with Crippen molar-refractivity contribution >= 4 is 23.9 Å².